The van der Waals surface area contributed by atoms with Gasteiger partial charge < -0.3 is 20.7 Å². The Balaban J connectivity index is 0.000000161. The first kappa shape index (κ1) is 27.4. The molecule has 0 aromatic heterocycles. The van der Waals surface area contributed by atoms with Gasteiger partial charge in [-0.1, -0.05) is 66.2 Å². The highest BCUT2D eigenvalue weighted by Crippen LogP contribution is 2.35. The summed E-state index contributed by atoms with van der Waals surface area (Å²) in [5.41, 5.74) is 8.12. The topological polar surface area (TPSA) is 70.4 Å². The Hall–Kier alpha value is -4.13. The second-order valence-corrected chi connectivity index (χ2v) is 10.3. The SMILES string of the molecule is CNCCCN1c2ccccc2CCc2ccccc21.O=C1C[N+]([O-])=C(c2ccccc2)c2cc(Cl)ccc2N1. The molecule has 2 heterocycles. The summed E-state index contributed by atoms with van der Waals surface area (Å²) in [7, 11) is 2.02. The molecule has 7 heteroatoms. The Bertz CT molecular complexity index is 1470. The van der Waals surface area contributed by atoms with Crippen LogP contribution in [0.1, 0.15) is 28.7 Å². The second kappa shape index (κ2) is 12.8. The van der Waals surface area contributed by atoms with Crippen LogP contribution in [0.3, 0.4) is 0 Å². The van der Waals surface area contributed by atoms with Crippen LogP contribution >= 0.6 is 11.6 Å². The summed E-state index contributed by atoms with van der Waals surface area (Å²) in [5.74, 6) is -0.338. The van der Waals surface area contributed by atoms with Crippen LogP contribution in [0, 0.1) is 5.21 Å². The number of hydroxylamine groups is 1. The minimum atomic E-state index is -0.338. The maximum atomic E-state index is 12.3. The zero-order chi connectivity index (χ0) is 27.9. The zero-order valence-corrected chi connectivity index (χ0v) is 23.3. The first-order valence-electron chi connectivity index (χ1n) is 13.6. The van der Waals surface area contributed by atoms with Gasteiger partial charge in [-0.15, -0.1) is 0 Å². The third kappa shape index (κ3) is 6.19. The molecule has 204 valence electrons. The maximum absolute atomic E-state index is 12.3. The highest BCUT2D eigenvalue weighted by Gasteiger charge is 2.26. The average molecular weight is 553 g/mol. The van der Waals surface area contributed by atoms with Crippen LogP contribution in [-0.4, -0.2) is 43.0 Å². The molecule has 2 aliphatic rings. The standard InChI is InChI=1S/C18H22N2.C15H11ClN2O2/c1-19-13-6-14-20-17-9-4-2-7-15(17)11-12-16-8-3-5-10-18(16)20;16-11-6-7-13-12(8-11)15(10-4-2-1-3-5-10)18(20)9-14(19)17-13/h2-5,7-10,19H,6,11-14H2,1H3;1-8H,9H2,(H,17,19). The molecule has 0 aliphatic carbocycles. The number of aryl methyl sites for hydroxylation is 2. The fourth-order valence-electron chi connectivity index (χ4n) is 5.28. The highest BCUT2D eigenvalue weighted by atomic mass is 35.5. The van der Waals surface area contributed by atoms with Crippen LogP contribution in [0.5, 0.6) is 0 Å². The molecule has 4 aromatic carbocycles. The molecule has 4 aromatic rings. The maximum Gasteiger partial charge on any atom is 0.291 e. The predicted octanol–water partition coefficient (Wildman–Crippen LogP) is 6.17. The number of amides is 1. The molecule has 1 amide bonds. The number of benzene rings is 4. The van der Waals surface area contributed by atoms with E-state index in [0.29, 0.717) is 26.7 Å². The summed E-state index contributed by atoms with van der Waals surface area (Å²) in [5, 5.41) is 18.8. The molecule has 0 bridgehead atoms. The third-order valence-electron chi connectivity index (χ3n) is 7.13. The normalized spacial score (nSPS) is 14.1. The number of nitrogens with zero attached hydrogens (tertiary/aromatic N) is 2. The number of carbonyl (C=O) groups is 1. The van der Waals surface area contributed by atoms with Gasteiger partial charge in [0, 0.05) is 28.5 Å². The van der Waals surface area contributed by atoms with Crippen LogP contribution in [0.4, 0.5) is 17.1 Å². The molecule has 0 atom stereocenters. The molecule has 0 unspecified atom stereocenters. The predicted molar refractivity (Wildman–Crippen MR) is 164 cm³/mol. The van der Waals surface area contributed by atoms with Crippen molar-refractivity contribution in [2.24, 2.45) is 0 Å². The van der Waals surface area contributed by atoms with Gasteiger partial charge in [-0.25, -0.2) is 0 Å². The lowest BCUT2D eigenvalue weighted by molar-refractivity contribution is -0.443. The minimum absolute atomic E-state index is 0.240. The molecule has 0 saturated carbocycles. The van der Waals surface area contributed by atoms with Gasteiger partial charge in [-0.3, -0.25) is 4.79 Å². The lowest BCUT2D eigenvalue weighted by Gasteiger charge is -2.27. The van der Waals surface area contributed by atoms with Crippen LogP contribution in [0.25, 0.3) is 0 Å². The van der Waals surface area contributed by atoms with Crippen LogP contribution in [0.2, 0.25) is 5.02 Å². The van der Waals surface area contributed by atoms with E-state index in [-0.39, 0.29) is 12.5 Å². The van der Waals surface area contributed by atoms with Crippen molar-refractivity contribution in [2.75, 3.05) is 36.9 Å². The molecule has 40 heavy (non-hydrogen) atoms. The molecule has 2 N–H and O–H groups in total. The van der Waals surface area contributed by atoms with E-state index in [2.05, 4.69) is 64.1 Å². The van der Waals surface area contributed by atoms with Crippen molar-refractivity contribution in [3.8, 4) is 0 Å². The first-order chi connectivity index (χ1) is 19.5. The number of halogens is 1. The van der Waals surface area contributed by atoms with Gasteiger partial charge in [-0.2, -0.15) is 4.74 Å². The quantitative estimate of drug-likeness (QED) is 0.176. The lowest BCUT2D eigenvalue weighted by atomic mass is 10.0. The van der Waals surface area contributed by atoms with Gasteiger partial charge in [0.15, 0.2) is 0 Å². The number of para-hydroxylation sites is 2. The number of hydrogen-bond donors (Lipinski definition) is 2. The smallest absolute Gasteiger partial charge is 0.291 e. The van der Waals surface area contributed by atoms with Gasteiger partial charge in [0.05, 0.1) is 11.3 Å². The number of hydrogen-bond acceptors (Lipinski definition) is 4. The molecular formula is C33H33ClN4O2. The number of anilines is 3. The minimum Gasteiger partial charge on any atom is -0.623 e. The number of fused-ring (bicyclic) bond motifs is 3. The Morgan fingerprint density at radius 3 is 2.17 bits per heavy atom. The molecular weight excluding hydrogens is 520 g/mol. The van der Waals surface area contributed by atoms with Crippen molar-refractivity contribution < 1.29 is 9.53 Å². The molecule has 0 fully saturated rings. The Morgan fingerprint density at radius 1 is 0.900 bits per heavy atom. The number of nitrogens with one attached hydrogen (secondary N) is 2. The van der Waals surface area contributed by atoms with Crippen molar-refractivity contribution in [3.05, 3.63) is 130 Å². The van der Waals surface area contributed by atoms with Gasteiger partial charge in [0.1, 0.15) is 0 Å². The van der Waals surface area contributed by atoms with Crippen LogP contribution < -0.4 is 15.5 Å². The lowest BCUT2D eigenvalue weighted by Crippen LogP contribution is -2.23. The molecule has 0 saturated heterocycles. The largest absolute Gasteiger partial charge is 0.623 e. The van der Waals surface area contributed by atoms with Crippen molar-refractivity contribution in [1.82, 2.24) is 5.32 Å². The highest BCUT2D eigenvalue weighted by molar-refractivity contribution is 6.31. The third-order valence-corrected chi connectivity index (χ3v) is 7.37. The zero-order valence-electron chi connectivity index (χ0n) is 22.6. The molecule has 0 spiro atoms. The van der Waals surface area contributed by atoms with Crippen LogP contribution in [0.15, 0.2) is 97.1 Å². The van der Waals surface area contributed by atoms with E-state index in [1.807, 2.05) is 37.4 Å². The van der Waals surface area contributed by atoms with Gasteiger partial charge in [0.2, 0.25) is 12.3 Å². The van der Waals surface area contributed by atoms with E-state index in [0.717, 1.165) is 37.9 Å². The fourth-order valence-corrected chi connectivity index (χ4v) is 5.45. The van der Waals surface area contributed by atoms with E-state index in [1.54, 1.807) is 18.2 Å². The first-order valence-corrected chi connectivity index (χ1v) is 14.0. The molecule has 6 rings (SSSR count). The van der Waals surface area contributed by atoms with Crippen molar-refractivity contribution in [3.63, 3.8) is 0 Å². The molecule has 6 nitrogen and oxygen atoms in total. The summed E-state index contributed by atoms with van der Waals surface area (Å²) in [6.07, 6.45) is 3.42. The fraction of sp³-hybridized carbons (Fsp3) is 0.212. The van der Waals surface area contributed by atoms with E-state index >= 15 is 0 Å². The van der Waals surface area contributed by atoms with E-state index in [9.17, 15) is 10.0 Å². The summed E-state index contributed by atoms with van der Waals surface area (Å²) in [4.78, 5) is 14.2. The monoisotopic (exact) mass is 552 g/mol. The van der Waals surface area contributed by atoms with E-state index in [1.165, 1.54) is 22.5 Å². The van der Waals surface area contributed by atoms with Gasteiger partial charge in [-0.05, 0) is 86.4 Å². The number of carbonyl (C=O) groups excluding carboxylic acids is 1. The van der Waals surface area contributed by atoms with E-state index < -0.39 is 0 Å². The Kier molecular flexibility index (Phi) is 8.79. The molecule has 0 radical (unpaired) electrons. The van der Waals surface area contributed by atoms with Gasteiger partial charge >= 0.3 is 0 Å². The van der Waals surface area contributed by atoms with Crippen molar-refractivity contribution in [1.29, 1.82) is 0 Å². The van der Waals surface area contributed by atoms with E-state index in [4.69, 9.17) is 11.6 Å². The van der Waals surface area contributed by atoms with Crippen molar-refractivity contribution >= 4 is 40.3 Å². The van der Waals surface area contributed by atoms with Crippen LogP contribution in [-0.2, 0) is 17.6 Å². The summed E-state index contributed by atoms with van der Waals surface area (Å²) in [6.45, 7) is 1.88. The second-order valence-electron chi connectivity index (χ2n) is 9.86. The molecule has 2 aliphatic heterocycles. The Morgan fingerprint density at radius 2 is 1.52 bits per heavy atom. The van der Waals surface area contributed by atoms with Gasteiger partial charge in [0.25, 0.3) is 5.91 Å². The number of rotatable bonds is 5. The summed E-state index contributed by atoms with van der Waals surface area (Å²) >= 11 is 6.02. The Labute approximate surface area is 240 Å². The summed E-state index contributed by atoms with van der Waals surface area (Å²) in [6, 6.07) is 32.0. The average Bonchev–Trinajstić information content (AvgIpc) is 3.20. The number of benzodiazepines with no additional fused rings is 1. The summed E-state index contributed by atoms with van der Waals surface area (Å²) < 4.78 is 0.701. The van der Waals surface area contributed by atoms with Crippen molar-refractivity contribution in [2.45, 2.75) is 19.3 Å².